The normalized spacial score (nSPS) is 14.1. The molecule has 0 spiro atoms. The summed E-state index contributed by atoms with van der Waals surface area (Å²) >= 11 is 0. The minimum absolute atomic E-state index is 0.244. The maximum absolute atomic E-state index is 12.9. The van der Waals surface area contributed by atoms with E-state index in [2.05, 4.69) is 15.3 Å². The fourth-order valence-corrected chi connectivity index (χ4v) is 3.27. The number of nitrogens with zero attached hydrogens (tertiary/aromatic N) is 2. The molecule has 0 atom stereocenters. The van der Waals surface area contributed by atoms with Gasteiger partial charge in [0, 0.05) is 36.4 Å². The molecule has 4 rings (SSSR count). The van der Waals surface area contributed by atoms with Gasteiger partial charge in [0.15, 0.2) is 0 Å². The van der Waals surface area contributed by atoms with Crippen molar-refractivity contribution in [1.29, 1.82) is 0 Å². The summed E-state index contributed by atoms with van der Waals surface area (Å²) in [5.74, 6) is 0.841. The summed E-state index contributed by atoms with van der Waals surface area (Å²) in [4.78, 5) is 33.8. The Morgan fingerprint density at radius 2 is 2.07 bits per heavy atom. The van der Waals surface area contributed by atoms with E-state index in [1.54, 1.807) is 36.5 Å². The number of morpholine rings is 1. The van der Waals surface area contributed by atoms with Gasteiger partial charge in [-0.2, -0.15) is 0 Å². The van der Waals surface area contributed by atoms with Crippen LogP contribution in [0.15, 0.2) is 47.4 Å². The Morgan fingerprint density at radius 1 is 1.25 bits per heavy atom. The summed E-state index contributed by atoms with van der Waals surface area (Å²) < 4.78 is 10.7. The lowest BCUT2D eigenvalue weighted by Gasteiger charge is -2.29. The number of hydrogen-bond acceptors (Lipinski definition) is 6. The lowest BCUT2D eigenvalue weighted by Crippen LogP contribution is -2.38. The van der Waals surface area contributed by atoms with Crippen LogP contribution in [0.3, 0.4) is 0 Å². The standard InChI is InChI=1S/C20H20N4O4/c1-27-17-12-18(25)23-16-5-4-13(11-15(16)17)22-20(26)14-3-2-6-21-19(14)24-7-9-28-10-8-24/h2-6,11-12H,7-10H2,1H3,(H,22,26)(H,23,25). The van der Waals surface area contributed by atoms with Gasteiger partial charge in [0.05, 0.1) is 31.4 Å². The van der Waals surface area contributed by atoms with E-state index in [0.29, 0.717) is 60.0 Å². The highest BCUT2D eigenvalue weighted by atomic mass is 16.5. The van der Waals surface area contributed by atoms with E-state index in [-0.39, 0.29) is 11.5 Å². The van der Waals surface area contributed by atoms with Gasteiger partial charge in [-0.3, -0.25) is 9.59 Å². The van der Waals surface area contributed by atoms with Crippen LogP contribution in [0.5, 0.6) is 5.75 Å². The second-order valence-corrected chi connectivity index (χ2v) is 6.39. The number of carbonyl (C=O) groups is 1. The highest BCUT2D eigenvalue weighted by molar-refractivity contribution is 6.08. The number of aromatic amines is 1. The third kappa shape index (κ3) is 3.54. The van der Waals surface area contributed by atoms with Crippen molar-refractivity contribution < 1.29 is 14.3 Å². The number of H-pyrrole nitrogens is 1. The van der Waals surface area contributed by atoms with E-state index in [4.69, 9.17) is 9.47 Å². The third-order valence-electron chi connectivity index (χ3n) is 4.62. The van der Waals surface area contributed by atoms with E-state index in [1.165, 1.54) is 13.2 Å². The first-order valence-corrected chi connectivity index (χ1v) is 8.96. The molecule has 8 heteroatoms. The summed E-state index contributed by atoms with van der Waals surface area (Å²) in [5.41, 5.74) is 1.49. The highest BCUT2D eigenvalue weighted by Gasteiger charge is 2.20. The molecule has 0 bridgehead atoms. The fourth-order valence-electron chi connectivity index (χ4n) is 3.27. The van der Waals surface area contributed by atoms with Crippen molar-refractivity contribution in [2.75, 3.05) is 43.6 Å². The highest BCUT2D eigenvalue weighted by Crippen LogP contribution is 2.26. The average molecular weight is 380 g/mol. The van der Waals surface area contributed by atoms with Crippen LogP contribution in [-0.4, -0.2) is 49.3 Å². The molecule has 1 aromatic carbocycles. The van der Waals surface area contributed by atoms with Gasteiger partial charge in [-0.25, -0.2) is 4.98 Å². The molecule has 3 heterocycles. The molecule has 1 saturated heterocycles. The van der Waals surface area contributed by atoms with E-state index in [1.807, 2.05) is 4.90 Å². The first kappa shape index (κ1) is 18.0. The molecule has 3 aromatic rings. The number of carbonyl (C=O) groups excluding carboxylic acids is 1. The molecule has 2 aromatic heterocycles. The summed E-state index contributed by atoms with van der Waals surface area (Å²) in [6.45, 7) is 2.61. The van der Waals surface area contributed by atoms with E-state index in [0.717, 1.165) is 0 Å². The Bertz CT molecular complexity index is 1070. The van der Waals surface area contributed by atoms with E-state index < -0.39 is 0 Å². The van der Waals surface area contributed by atoms with Crippen molar-refractivity contribution in [1.82, 2.24) is 9.97 Å². The van der Waals surface area contributed by atoms with Gasteiger partial charge >= 0.3 is 0 Å². The van der Waals surface area contributed by atoms with Crippen LogP contribution in [0.2, 0.25) is 0 Å². The van der Waals surface area contributed by atoms with Crippen molar-refractivity contribution in [3.8, 4) is 5.75 Å². The number of fused-ring (bicyclic) bond motifs is 1. The third-order valence-corrected chi connectivity index (χ3v) is 4.62. The van der Waals surface area contributed by atoms with Crippen molar-refractivity contribution in [2.24, 2.45) is 0 Å². The molecule has 0 saturated carbocycles. The predicted molar refractivity (Wildman–Crippen MR) is 106 cm³/mol. The molecule has 0 unspecified atom stereocenters. The van der Waals surface area contributed by atoms with Gasteiger partial charge in [-0.05, 0) is 30.3 Å². The van der Waals surface area contributed by atoms with Crippen LogP contribution >= 0.6 is 0 Å². The summed E-state index contributed by atoms with van der Waals surface area (Å²) in [7, 11) is 1.50. The van der Waals surface area contributed by atoms with Gasteiger partial charge in [-0.15, -0.1) is 0 Å². The molecule has 1 amide bonds. The zero-order valence-electron chi connectivity index (χ0n) is 15.4. The number of rotatable bonds is 4. The smallest absolute Gasteiger partial charge is 0.259 e. The number of anilines is 2. The number of benzene rings is 1. The molecular formula is C20H20N4O4. The SMILES string of the molecule is COc1cc(=O)[nH]c2ccc(NC(=O)c3cccnc3N3CCOCC3)cc12. The molecule has 28 heavy (non-hydrogen) atoms. The quantitative estimate of drug-likeness (QED) is 0.719. The summed E-state index contributed by atoms with van der Waals surface area (Å²) in [6.07, 6.45) is 1.68. The van der Waals surface area contributed by atoms with Crippen LogP contribution in [0, 0.1) is 0 Å². The molecule has 0 radical (unpaired) electrons. The molecule has 0 aliphatic carbocycles. The molecule has 144 valence electrons. The first-order chi connectivity index (χ1) is 13.7. The van der Waals surface area contributed by atoms with Gasteiger partial charge in [0.1, 0.15) is 11.6 Å². The molecule has 2 N–H and O–H groups in total. The van der Waals surface area contributed by atoms with Gasteiger partial charge in [0.25, 0.3) is 11.5 Å². The zero-order valence-corrected chi connectivity index (χ0v) is 15.4. The Labute approximate surface area is 161 Å². The molecule has 1 aliphatic rings. The van der Waals surface area contributed by atoms with Crippen molar-refractivity contribution >= 4 is 28.3 Å². The summed E-state index contributed by atoms with van der Waals surface area (Å²) in [5, 5.41) is 3.62. The average Bonchev–Trinajstić information content (AvgIpc) is 2.74. The monoisotopic (exact) mass is 380 g/mol. The molecule has 8 nitrogen and oxygen atoms in total. The van der Waals surface area contributed by atoms with Crippen LogP contribution in [0.4, 0.5) is 11.5 Å². The van der Waals surface area contributed by atoms with Crippen LogP contribution < -0.4 is 20.5 Å². The van der Waals surface area contributed by atoms with Crippen LogP contribution in [-0.2, 0) is 4.74 Å². The van der Waals surface area contributed by atoms with Crippen molar-refractivity contribution in [3.05, 3.63) is 58.5 Å². The van der Waals surface area contributed by atoms with Crippen LogP contribution in [0.25, 0.3) is 10.9 Å². The maximum Gasteiger partial charge on any atom is 0.259 e. The second kappa shape index (κ2) is 7.69. The number of aromatic nitrogens is 2. The molecule has 1 fully saturated rings. The first-order valence-electron chi connectivity index (χ1n) is 8.96. The Hall–Kier alpha value is -3.39. The number of pyridine rings is 2. The van der Waals surface area contributed by atoms with Crippen molar-refractivity contribution in [3.63, 3.8) is 0 Å². The van der Waals surface area contributed by atoms with E-state index >= 15 is 0 Å². The van der Waals surface area contributed by atoms with Gasteiger partial charge < -0.3 is 24.7 Å². The Kier molecular flexibility index (Phi) is 4.94. The van der Waals surface area contributed by atoms with Gasteiger partial charge in [-0.1, -0.05) is 0 Å². The number of hydrogen-bond donors (Lipinski definition) is 2. The largest absolute Gasteiger partial charge is 0.496 e. The van der Waals surface area contributed by atoms with Gasteiger partial charge in [0.2, 0.25) is 0 Å². The fraction of sp³-hybridized carbons (Fsp3) is 0.250. The van der Waals surface area contributed by atoms with E-state index in [9.17, 15) is 9.59 Å². The topological polar surface area (TPSA) is 96.5 Å². The predicted octanol–water partition coefficient (Wildman–Crippen LogP) is 2.02. The number of amides is 1. The lowest BCUT2D eigenvalue weighted by molar-refractivity contribution is 0.102. The Balaban J connectivity index is 1.64. The lowest BCUT2D eigenvalue weighted by atomic mass is 10.1. The number of methoxy groups -OCH3 is 1. The zero-order chi connectivity index (χ0) is 19.5. The summed E-state index contributed by atoms with van der Waals surface area (Å²) in [6, 6.07) is 10.1. The van der Waals surface area contributed by atoms with Crippen LogP contribution in [0.1, 0.15) is 10.4 Å². The molecule has 1 aliphatic heterocycles. The molecular weight excluding hydrogens is 360 g/mol. The maximum atomic E-state index is 12.9. The van der Waals surface area contributed by atoms with Crippen molar-refractivity contribution in [2.45, 2.75) is 0 Å². The number of nitrogens with one attached hydrogen (secondary N) is 2. The Morgan fingerprint density at radius 3 is 2.86 bits per heavy atom. The minimum atomic E-state index is -0.252. The minimum Gasteiger partial charge on any atom is -0.496 e. The second-order valence-electron chi connectivity index (χ2n) is 6.39. The number of ether oxygens (including phenoxy) is 2.